The van der Waals surface area contributed by atoms with Gasteiger partial charge in [0.05, 0.1) is 12.8 Å². The van der Waals surface area contributed by atoms with Crippen molar-refractivity contribution in [1.82, 2.24) is 15.0 Å². The quantitative estimate of drug-likeness (QED) is 0.511. The smallest absolute Gasteiger partial charge is 0.408 e. The van der Waals surface area contributed by atoms with E-state index in [4.69, 9.17) is 9.47 Å². The van der Waals surface area contributed by atoms with E-state index < -0.39 is 35.7 Å². The maximum atomic E-state index is 12.2. The lowest BCUT2D eigenvalue weighted by atomic mass is 10.1. The van der Waals surface area contributed by atoms with E-state index in [-0.39, 0.29) is 6.42 Å². The van der Waals surface area contributed by atoms with Gasteiger partial charge in [-0.2, -0.15) is 0 Å². The molecule has 0 fully saturated rings. The molecule has 0 unspecified atom stereocenters. The van der Waals surface area contributed by atoms with Crippen LogP contribution in [0.1, 0.15) is 32.0 Å². The third-order valence-electron chi connectivity index (χ3n) is 4.11. The predicted octanol–water partition coefficient (Wildman–Crippen LogP) is 1.73. The average molecular weight is 432 g/mol. The third kappa shape index (κ3) is 8.00. The maximum Gasteiger partial charge on any atom is 0.408 e. The standard InChI is InChI=1S/C21H28N4O6/c1-21(2,3)31-20(29)23-16(18(26)27)11-15-12-25(13-22-15)24-17(19(28)30-4)10-14-8-6-5-7-9-14/h5-9,12-13,16-17,24H,10-11H2,1-4H3,(H,23,29)(H,26,27)/t16-,17-/m0/s1. The van der Waals surface area contributed by atoms with Gasteiger partial charge in [0, 0.05) is 19.0 Å². The van der Waals surface area contributed by atoms with Crippen LogP contribution in [0.5, 0.6) is 0 Å². The second kappa shape index (κ2) is 10.5. The Morgan fingerprint density at radius 2 is 1.81 bits per heavy atom. The van der Waals surface area contributed by atoms with Gasteiger partial charge >= 0.3 is 18.0 Å². The summed E-state index contributed by atoms with van der Waals surface area (Å²) >= 11 is 0. The number of hydrogen-bond donors (Lipinski definition) is 3. The van der Waals surface area contributed by atoms with Gasteiger partial charge in [-0.1, -0.05) is 30.3 Å². The summed E-state index contributed by atoms with van der Waals surface area (Å²) in [4.78, 5) is 39.8. The number of rotatable bonds is 9. The highest BCUT2D eigenvalue weighted by atomic mass is 16.6. The highest BCUT2D eigenvalue weighted by molar-refractivity contribution is 5.80. The number of nitrogens with zero attached hydrogens (tertiary/aromatic N) is 2. The van der Waals surface area contributed by atoms with Gasteiger partial charge in [-0.05, 0) is 26.3 Å². The molecule has 0 saturated carbocycles. The molecule has 2 atom stereocenters. The van der Waals surface area contributed by atoms with Gasteiger partial charge in [0.15, 0.2) is 0 Å². The number of carbonyl (C=O) groups excluding carboxylic acids is 2. The Morgan fingerprint density at radius 1 is 1.13 bits per heavy atom. The summed E-state index contributed by atoms with van der Waals surface area (Å²) in [6.45, 7) is 5.05. The average Bonchev–Trinajstić information content (AvgIpc) is 3.12. The second-order valence-corrected chi connectivity index (χ2v) is 7.91. The predicted molar refractivity (Wildman–Crippen MR) is 112 cm³/mol. The molecular weight excluding hydrogens is 404 g/mol. The fourth-order valence-electron chi connectivity index (χ4n) is 2.75. The van der Waals surface area contributed by atoms with Crippen LogP contribution in [0.25, 0.3) is 0 Å². The zero-order valence-electron chi connectivity index (χ0n) is 18.0. The first kappa shape index (κ1) is 23.7. The van der Waals surface area contributed by atoms with Crippen molar-refractivity contribution in [3.05, 3.63) is 54.1 Å². The van der Waals surface area contributed by atoms with Gasteiger partial charge in [-0.15, -0.1) is 0 Å². The summed E-state index contributed by atoms with van der Waals surface area (Å²) in [7, 11) is 1.31. The van der Waals surface area contributed by atoms with Crippen molar-refractivity contribution in [2.45, 2.75) is 51.3 Å². The molecule has 10 heteroatoms. The number of esters is 1. The number of aliphatic carboxylic acids is 1. The monoisotopic (exact) mass is 432 g/mol. The Bertz CT molecular complexity index is 891. The van der Waals surface area contributed by atoms with Crippen molar-refractivity contribution in [2.75, 3.05) is 12.5 Å². The minimum absolute atomic E-state index is 0.0647. The van der Waals surface area contributed by atoms with Crippen molar-refractivity contribution >= 4 is 18.0 Å². The molecule has 0 aliphatic rings. The molecular formula is C21H28N4O6. The lowest BCUT2D eigenvalue weighted by molar-refractivity contribution is -0.142. The number of nitrogens with one attached hydrogen (secondary N) is 2. The van der Waals surface area contributed by atoms with Gasteiger partial charge in [-0.25, -0.2) is 19.4 Å². The number of alkyl carbamates (subject to hydrolysis) is 1. The van der Waals surface area contributed by atoms with Crippen molar-refractivity contribution < 1.29 is 29.0 Å². The zero-order chi connectivity index (χ0) is 23.0. The number of carboxylic acids is 1. The highest BCUT2D eigenvalue weighted by Crippen LogP contribution is 2.09. The lowest BCUT2D eigenvalue weighted by Crippen LogP contribution is -2.44. The number of ether oxygens (including phenoxy) is 2. The first-order valence-corrected chi connectivity index (χ1v) is 9.71. The molecule has 1 aromatic carbocycles. The lowest BCUT2D eigenvalue weighted by Gasteiger charge is -2.21. The molecule has 0 saturated heterocycles. The molecule has 0 bridgehead atoms. The minimum Gasteiger partial charge on any atom is -0.480 e. The number of imidazole rings is 1. The van der Waals surface area contributed by atoms with Gasteiger partial charge < -0.3 is 25.3 Å². The normalized spacial score (nSPS) is 13.0. The van der Waals surface area contributed by atoms with Crippen molar-refractivity contribution in [2.24, 2.45) is 0 Å². The summed E-state index contributed by atoms with van der Waals surface area (Å²) in [5, 5.41) is 11.7. The first-order chi connectivity index (χ1) is 14.6. The highest BCUT2D eigenvalue weighted by Gasteiger charge is 2.25. The second-order valence-electron chi connectivity index (χ2n) is 7.91. The SMILES string of the molecule is COC(=O)[C@H](Cc1ccccc1)Nn1cnc(C[C@H](NC(=O)OC(C)(C)C)C(=O)O)c1. The molecule has 0 aliphatic heterocycles. The molecule has 3 N–H and O–H groups in total. The van der Waals surface area contributed by atoms with E-state index in [9.17, 15) is 19.5 Å². The Labute approximate surface area is 180 Å². The van der Waals surface area contributed by atoms with E-state index >= 15 is 0 Å². The van der Waals surface area contributed by atoms with Gasteiger partial charge in [0.25, 0.3) is 0 Å². The molecule has 31 heavy (non-hydrogen) atoms. The Kier molecular flexibility index (Phi) is 8.00. The maximum absolute atomic E-state index is 12.2. The molecule has 0 spiro atoms. The van der Waals surface area contributed by atoms with Gasteiger partial charge in [0.2, 0.25) is 0 Å². The summed E-state index contributed by atoms with van der Waals surface area (Å²) < 4.78 is 11.4. The molecule has 10 nitrogen and oxygen atoms in total. The van der Waals surface area contributed by atoms with Crippen LogP contribution in [0.2, 0.25) is 0 Å². The van der Waals surface area contributed by atoms with Gasteiger partial charge in [-0.3, -0.25) is 4.68 Å². The molecule has 1 heterocycles. The summed E-state index contributed by atoms with van der Waals surface area (Å²) in [5.41, 5.74) is 3.59. The number of carbonyl (C=O) groups is 3. The molecule has 2 rings (SSSR count). The number of amides is 1. The van der Waals surface area contributed by atoms with E-state index in [2.05, 4.69) is 15.7 Å². The van der Waals surface area contributed by atoms with Crippen molar-refractivity contribution in [1.29, 1.82) is 0 Å². The van der Waals surface area contributed by atoms with Crippen LogP contribution in [0, 0.1) is 0 Å². The van der Waals surface area contributed by atoms with E-state index in [0.29, 0.717) is 12.1 Å². The number of hydrogen-bond acceptors (Lipinski definition) is 7. The van der Waals surface area contributed by atoms with Crippen LogP contribution in [0.15, 0.2) is 42.9 Å². The number of aromatic nitrogens is 2. The van der Waals surface area contributed by atoms with E-state index in [1.54, 1.807) is 27.0 Å². The Hall–Kier alpha value is -3.56. The van der Waals surface area contributed by atoms with E-state index in [1.807, 2.05) is 30.3 Å². The molecule has 1 amide bonds. The van der Waals surface area contributed by atoms with Gasteiger partial charge in [0.1, 0.15) is 24.0 Å². The fraction of sp³-hybridized carbons (Fsp3) is 0.429. The minimum atomic E-state index is -1.22. The van der Waals surface area contributed by atoms with Crippen LogP contribution < -0.4 is 10.7 Å². The largest absolute Gasteiger partial charge is 0.480 e. The molecule has 0 radical (unpaired) electrons. The Balaban J connectivity index is 2.04. The summed E-state index contributed by atoms with van der Waals surface area (Å²) in [6.07, 6.45) is 2.46. The van der Waals surface area contributed by atoms with E-state index in [0.717, 1.165) is 5.56 Å². The Morgan fingerprint density at radius 3 is 2.39 bits per heavy atom. The van der Waals surface area contributed by atoms with Crippen LogP contribution >= 0.6 is 0 Å². The van der Waals surface area contributed by atoms with Crippen LogP contribution in [0.4, 0.5) is 4.79 Å². The topological polar surface area (TPSA) is 132 Å². The van der Waals surface area contributed by atoms with Crippen LogP contribution in [-0.2, 0) is 31.9 Å². The summed E-state index contributed by atoms with van der Waals surface area (Å²) in [6, 6.07) is 7.54. The number of methoxy groups -OCH3 is 1. The van der Waals surface area contributed by atoms with Crippen molar-refractivity contribution in [3.8, 4) is 0 Å². The number of benzene rings is 1. The summed E-state index contributed by atoms with van der Waals surface area (Å²) in [5.74, 6) is -1.67. The van der Waals surface area contributed by atoms with Crippen molar-refractivity contribution in [3.63, 3.8) is 0 Å². The number of carboxylic acid groups (broad SMARTS) is 1. The molecule has 0 aliphatic carbocycles. The zero-order valence-corrected chi connectivity index (χ0v) is 18.0. The molecule has 1 aromatic heterocycles. The molecule has 168 valence electrons. The van der Waals surface area contributed by atoms with Crippen LogP contribution in [0.3, 0.4) is 0 Å². The third-order valence-corrected chi connectivity index (χ3v) is 4.11. The van der Waals surface area contributed by atoms with Crippen LogP contribution in [-0.4, -0.2) is 57.6 Å². The van der Waals surface area contributed by atoms with E-state index in [1.165, 1.54) is 18.1 Å². The first-order valence-electron chi connectivity index (χ1n) is 9.71. The molecule has 2 aromatic rings. The fourth-order valence-corrected chi connectivity index (χ4v) is 2.75.